The Morgan fingerprint density at radius 1 is 1.03 bits per heavy atom. The Morgan fingerprint density at radius 3 is 2.53 bits per heavy atom. The SMILES string of the molecule is CN(c1ccccc1)S(=O)(=O)c1cccc(C(=O)N2CCCC2Cc2cccc(F)c2)c1. The van der Waals surface area contributed by atoms with Crippen LogP contribution in [0.15, 0.2) is 83.8 Å². The third-order valence-electron chi connectivity index (χ3n) is 5.86. The zero-order chi connectivity index (χ0) is 22.7. The van der Waals surface area contributed by atoms with Crippen LogP contribution in [0.25, 0.3) is 0 Å². The van der Waals surface area contributed by atoms with Crippen LogP contribution in [0.5, 0.6) is 0 Å². The molecular formula is C25H25FN2O3S. The number of sulfonamides is 1. The third kappa shape index (κ3) is 4.53. The number of carbonyl (C=O) groups is 1. The first-order valence-corrected chi connectivity index (χ1v) is 12.0. The van der Waals surface area contributed by atoms with E-state index in [1.54, 1.807) is 47.4 Å². The Bertz CT molecular complexity index is 1210. The van der Waals surface area contributed by atoms with E-state index in [2.05, 4.69) is 0 Å². The normalized spacial score (nSPS) is 16.2. The van der Waals surface area contributed by atoms with Crippen molar-refractivity contribution >= 4 is 21.6 Å². The topological polar surface area (TPSA) is 57.7 Å². The number of likely N-dealkylation sites (tertiary alicyclic amines) is 1. The van der Waals surface area contributed by atoms with Crippen molar-refractivity contribution in [3.8, 4) is 0 Å². The smallest absolute Gasteiger partial charge is 0.264 e. The van der Waals surface area contributed by atoms with E-state index in [0.29, 0.717) is 24.2 Å². The molecule has 1 heterocycles. The summed E-state index contributed by atoms with van der Waals surface area (Å²) in [7, 11) is -2.32. The monoisotopic (exact) mass is 452 g/mol. The van der Waals surface area contributed by atoms with E-state index in [1.807, 2.05) is 12.1 Å². The number of hydrogen-bond acceptors (Lipinski definition) is 3. The molecule has 3 aromatic rings. The molecule has 1 aliphatic heterocycles. The number of anilines is 1. The fraction of sp³-hybridized carbons (Fsp3) is 0.240. The van der Waals surface area contributed by atoms with E-state index in [4.69, 9.17) is 0 Å². The first-order valence-electron chi connectivity index (χ1n) is 10.6. The molecule has 1 aliphatic rings. The van der Waals surface area contributed by atoms with Gasteiger partial charge in [0.15, 0.2) is 0 Å². The molecule has 0 saturated carbocycles. The van der Waals surface area contributed by atoms with E-state index in [0.717, 1.165) is 18.4 Å². The highest BCUT2D eigenvalue weighted by molar-refractivity contribution is 7.92. The van der Waals surface area contributed by atoms with Crippen molar-refractivity contribution in [2.45, 2.75) is 30.2 Å². The van der Waals surface area contributed by atoms with Crippen molar-refractivity contribution in [3.63, 3.8) is 0 Å². The fourth-order valence-electron chi connectivity index (χ4n) is 4.14. The lowest BCUT2D eigenvalue weighted by atomic mass is 10.0. The highest BCUT2D eigenvalue weighted by Crippen LogP contribution is 2.26. The summed E-state index contributed by atoms with van der Waals surface area (Å²) in [6.07, 6.45) is 2.26. The molecule has 3 aromatic carbocycles. The number of hydrogen-bond donors (Lipinski definition) is 0. The molecule has 166 valence electrons. The van der Waals surface area contributed by atoms with E-state index >= 15 is 0 Å². The molecule has 1 fully saturated rings. The van der Waals surface area contributed by atoms with Crippen LogP contribution in [0.4, 0.5) is 10.1 Å². The fourth-order valence-corrected chi connectivity index (χ4v) is 5.38. The summed E-state index contributed by atoms with van der Waals surface area (Å²) in [6.45, 7) is 0.597. The van der Waals surface area contributed by atoms with Gasteiger partial charge >= 0.3 is 0 Å². The standard InChI is InChI=1S/C25H25FN2O3S/c1-27(22-11-3-2-4-12-22)32(30,31)24-14-6-9-20(18-24)25(29)28-15-7-13-23(28)17-19-8-5-10-21(26)16-19/h2-6,8-12,14,16,18,23H,7,13,15,17H2,1H3. The van der Waals surface area contributed by atoms with Gasteiger partial charge in [0.1, 0.15) is 5.82 Å². The third-order valence-corrected chi connectivity index (χ3v) is 7.64. The summed E-state index contributed by atoms with van der Waals surface area (Å²) in [4.78, 5) is 15.1. The van der Waals surface area contributed by atoms with Crippen LogP contribution in [-0.4, -0.2) is 38.9 Å². The molecule has 0 bridgehead atoms. The Labute approximate surface area is 188 Å². The van der Waals surface area contributed by atoms with Crippen LogP contribution in [-0.2, 0) is 16.4 Å². The quantitative estimate of drug-likeness (QED) is 0.553. The second-order valence-electron chi connectivity index (χ2n) is 7.96. The van der Waals surface area contributed by atoms with Gasteiger partial charge in [-0.15, -0.1) is 0 Å². The van der Waals surface area contributed by atoms with Gasteiger partial charge < -0.3 is 4.90 Å². The number of carbonyl (C=O) groups excluding carboxylic acids is 1. The van der Waals surface area contributed by atoms with Gasteiger partial charge in [-0.25, -0.2) is 12.8 Å². The van der Waals surface area contributed by atoms with Gasteiger partial charge in [0.25, 0.3) is 15.9 Å². The molecule has 0 spiro atoms. The van der Waals surface area contributed by atoms with Gasteiger partial charge in [0.05, 0.1) is 10.6 Å². The van der Waals surface area contributed by atoms with E-state index < -0.39 is 10.0 Å². The Morgan fingerprint density at radius 2 is 1.78 bits per heavy atom. The number of amides is 1. The molecule has 7 heteroatoms. The van der Waals surface area contributed by atoms with Gasteiger partial charge in [-0.3, -0.25) is 9.10 Å². The summed E-state index contributed by atoms with van der Waals surface area (Å²) >= 11 is 0. The van der Waals surface area contributed by atoms with Crippen molar-refractivity contribution < 1.29 is 17.6 Å². The first-order chi connectivity index (χ1) is 15.4. The maximum atomic E-state index is 13.6. The van der Waals surface area contributed by atoms with Gasteiger partial charge in [-0.1, -0.05) is 36.4 Å². The molecule has 1 unspecified atom stereocenters. The Balaban J connectivity index is 1.56. The van der Waals surface area contributed by atoms with Crippen molar-refractivity contribution in [2.75, 3.05) is 17.9 Å². The van der Waals surface area contributed by atoms with Crippen molar-refractivity contribution in [1.29, 1.82) is 0 Å². The average Bonchev–Trinajstić information content (AvgIpc) is 3.26. The van der Waals surface area contributed by atoms with Crippen LogP contribution in [0.2, 0.25) is 0 Å². The molecule has 32 heavy (non-hydrogen) atoms. The molecule has 1 amide bonds. The van der Waals surface area contributed by atoms with Crippen LogP contribution in [0.1, 0.15) is 28.8 Å². The lowest BCUT2D eigenvalue weighted by Gasteiger charge is -2.25. The molecule has 0 aliphatic carbocycles. The van der Waals surface area contributed by atoms with Crippen LogP contribution in [0.3, 0.4) is 0 Å². The summed E-state index contributed by atoms with van der Waals surface area (Å²) < 4.78 is 41.0. The van der Waals surface area contributed by atoms with E-state index in [1.165, 1.54) is 35.6 Å². The van der Waals surface area contributed by atoms with E-state index in [-0.39, 0.29) is 22.7 Å². The summed E-state index contributed by atoms with van der Waals surface area (Å²) in [5.74, 6) is -0.498. The number of halogens is 1. The zero-order valence-electron chi connectivity index (χ0n) is 17.8. The van der Waals surface area contributed by atoms with Crippen molar-refractivity contribution in [3.05, 3.63) is 95.8 Å². The number of benzene rings is 3. The second-order valence-corrected chi connectivity index (χ2v) is 9.93. The van der Waals surface area contributed by atoms with E-state index in [9.17, 15) is 17.6 Å². The minimum absolute atomic E-state index is 0.0449. The van der Waals surface area contributed by atoms with Gasteiger partial charge in [0.2, 0.25) is 0 Å². The van der Waals surface area contributed by atoms with Gasteiger partial charge in [-0.2, -0.15) is 0 Å². The Hall–Kier alpha value is -3.19. The zero-order valence-corrected chi connectivity index (χ0v) is 18.6. The van der Waals surface area contributed by atoms with Gasteiger partial charge in [-0.05, 0) is 67.3 Å². The first kappa shape index (κ1) is 22.0. The second kappa shape index (κ2) is 9.12. The van der Waals surface area contributed by atoms with Crippen molar-refractivity contribution in [2.24, 2.45) is 0 Å². The van der Waals surface area contributed by atoms with Crippen molar-refractivity contribution in [1.82, 2.24) is 4.90 Å². The highest BCUT2D eigenvalue weighted by Gasteiger charge is 2.30. The maximum absolute atomic E-state index is 13.6. The molecule has 5 nitrogen and oxygen atoms in total. The molecular weight excluding hydrogens is 427 g/mol. The summed E-state index contributed by atoms with van der Waals surface area (Å²) in [6, 6.07) is 21.3. The van der Waals surface area contributed by atoms with Crippen LogP contribution >= 0.6 is 0 Å². The predicted molar refractivity (Wildman–Crippen MR) is 123 cm³/mol. The number of rotatable bonds is 6. The number of para-hydroxylation sites is 1. The van der Waals surface area contributed by atoms with Gasteiger partial charge in [0, 0.05) is 25.2 Å². The molecule has 0 N–H and O–H groups in total. The minimum atomic E-state index is -3.82. The maximum Gasteiger partial charge on any atom is 0.264 e. The minimum Gasteiger partial charge on any atom is -0.335 e. The largest absolute Gasteiger partial charge is 0.335 e. The highest BCUT2D eigenvalue weighted by atomic mass is 32.2. The molecule has 0 aromatic heterocycles. The lowest BCUT2D eigenvalue weighted by molar-refractivity contribution is 0.0736. The molecule has 4 rings (SSSR count). The Kier molecular flexibility index (Phi) is 6.28. The molecule has 1 saturated heterocycles. The average molecular weight is 453 g/mol. The molecule has 1 atom stereocenters. The van der Waals surface area contributed by atoms with Crippen LogP contribution in [0, 0.1) is 5.82 Å². The van der Waals surface area contributed by atoms with Crippen LogP contribution < -0.4 is 4.31 Å². The summed E-state index contributed by atoms with van der Waals surface area (Å²) in [5, 5.41) is 0. The summed E-state index contributed by atoms with van der Waals surface area (Å²) in [5.41, 5.74) is 1.72. The number of nitrogens with zero attached hydrogens (tertiary/aromatic N) is 2. The lowest BCUT2D eigenvalue weighted by Crippen LogP contribution is -2.37. The molecule has 0 radical (unpaired) electrons. The predicted octanol–water partition coefficient (Wildman–Crippen LogP) is 4.50.